The summed E-state index contributed by atoms with van der Waals surface area (Å²) in [5.41, 5.74) is 3.64. The lowest BCUT2D eigenvalue weighted by atomic mass is 10.00. The van der Waals surface area contributed by atoms with Crippen LogP contribution in [0.15, 0.2) is 60.8 Å². The summed E-state index contributed by atoms with van der Waals surface area (Å²) >= 11 is 0. The Morgan fingerprint density at radius 3 is 2.66 bits per heavy atom. The zero-order chi connectivity index (χ0) is 20.2. The van der Waals surface area contributed by atoms with E-state index in [0.29, 0.717) is 24.7 Å². The molecule has 0 aliphatic carbocycles. The average molecular weight is 388 g/mol. The third kappa shape index (κ3) is 4.37. The number of aromatic nitrogens is 2. The standard InChI is InChI=1S/C23H24N4O2/c1-16(2)29-21-10-6-5-9-19(21)25-23-24-13-11-20(26-23)22(28)27-14-12-17-7-3-4-8-18(17)15-27/h3-11,13,16H,12,14-15H2,1-2H3,(H,24,25,26). The van der Waals surface area contributed by atoms with Crippen LogP contribution >= 0.6 is 0 Å². The van der Waals surface area contributed by atoms with Gasteiger partial charge >= 0.3 is 0 Å². The molecular weight excluding hydrogens is 364 g/mol. The predicted octanol–water partition coefficient (Wildman–Crippen LogP) is 4.21. The molecule has 1 N–H and O–H groups in total. The van der Waals surface area contributed by atoms with Crippen molar-refractivity contribution in [3.8, 4) is 5.75 Å². The maximum Gasteiger partial charge on any atom is 0.272 e. The van der Waals surface area contributed by atoms with Crippen LogP contribution < -0.4 is 10.1 Å². The van der Waals surface area contributed by atoms with E-state index in [2.05, 4.69) is 27.4 Å². The van der Waals surface area contributed by atoms with Crippen LogP contribution in [0.2, 0.25) is 0 Å². The van der Waals surface area contributed by atoms with Crippen LogP contribution in [-0.4, -0.2) is 33.4 Å². The maximum absolute atomic E-state index is 13.0. The molecule has 2 heterocycles. The van der Waals surface area contributed by atoms with Gasteiger partial charge in [0.25, 0.3) is 5.91 Å². The Kier molecular flexibility index (Phi) is 5.42. The van der Waals surface area contributed by atoms with Crippen LogP contribution in [-0.2, 0) is 13.0 Å². The Hall–Kier alpha value is -3.41. The lowest BCUT2D eigenvalue weighted by Gasteiger charge is -2.28. The third-order valence-electron chi connectivity index (χ3n) is 4.79. The molecule has 4 rings (SSSR count). The highest BCUT2D eigenvalue weighted by molar-refractivity contribution is 5.92. The minimum atomic E-state index is -0.0864. The first-order valence-electron chi connectivity index (χ1n) is 9.82. The minimum Gasteiger partial charge on any atom is -0.489 e. The van der Waals surface area contributed by atoms with Crippen molar-refractivity contribution in [2.24, 2.45) is 0 Å². The fourth-order valence-electron chi connectivity index (χ4n) is 3.42. The quantitative estimate of drug-likeness (QED) is 0.709. The molecule has 3 aromatic rings. The van der Waals surface area contributed by atoms with Crippen LogP contribution in [0.3, 0.4) is 0 Å². The number of ether oxygens (including phenoxy) is 1. The molecule has 0 atom stereocenters. The van der Waals surface area contributed by atoms with Gasteiger partial charge in [-0.2, -0.15) is 0 Å². The predicted molar refractivity (Wildman–Crippen MR) is 112 cm³/mol. The number of rotatable bonds is 5. The molecule has 29 heavy (non-hydrogen) atoms. The first-order valence-corrected chi connectivity index (χ1v) is 9.82. The van der Waals surface area contributed by atoms with Gasteiger partial charge in [0.05, 0.1) is 11.8 Å². The van der Waals surface area contributed by atoms with Gasteiger partial charge in [-0.15, -0.1) is 0 Å². The molecule has 6 heteroatoms. The highest BCUT2D eigenvalue weighted by Gasteiger charge is 2.22. The van der Waals surface area contributed by atoms with Gasteiger partial charge < -0.3 is 15.0 Å². The molecular formula is C23H24N4O2. The second-order valence-corrected chi connectivity index (χ2v) is 7.30. The van der Waals surface area contributed by atoms with Gasteiger partial charge in [-0.25, -0.2) is 9.97 Å². The van der Waals surface area contributed by atoms with Gasteiger partial charge in [0.2, 0.25) is 5.95 Å². The van der Waals surface area contributed by atoms with E-state index >= 15 is 0 Å². The molecule has 2 aromatic carbocycles. The van der Waals surface area contributed by atoms with E-state index in [-0.39, 0.29) is 12.0 Å². The minimum absolute atomic E-state index is 0.0498. The molecule has 0 bridgehead atoms. The third-order valence-corrected chi connectivity index (χ3v) is 4.79. The highest BCUT2D eigenvalue weighted by atomic mass is 16.5. The van der Waals surface area contributed by atoms with E-state index < -0.39 is 0 Å². The smallest absolute Gasteiger partial charge is 0.272 e. The van der Waals surface area contributed by atoms with Gasteiger partial charge in [-0.1, -0.05) is 36.4 Å². The van der Waals surface area contributed by atoms with Crippen molar-refractivity contribution in [1.29, 1.82) is 0 Å². The van der Waals surface area contributed by atoms with Crippen molar-refractivity contribution in [1.82, 2.24) is 14.9 Å². The first-order chi connectivity index (χ1) is 14.1. The number of anilines is 2. The summed E-state index contributed by atoms with van der Waals surface area (Å²) in [7, 11) is 0. The normalized spacial score (nSPS) is 13.1. The Balaban J connectivity index is 1.52. The zero-order valence-electron chi connectivity index (χ0n) is 16.6. The number of nitrogens with zero attached hydrogens (tertiary/aromatic N) is 3. The molecule has 6 nitrogen and oxygen atoms in total. The monoisotopic (exact) mass is 388 g/mol. The summed E-state index contributed by atoms with van der Waals surface area (Å²) in [6, 6.07) is 17.5. The van der Waals surface area contributed by atoms with Gasteiger partial charge in [0, 0.05) is 19.3 Å². The van der Waals surface area contributed by atoms with Crippen LogP contribution in [0.1, 0.15) is 35.5 Å². The number of carbonyl (C=O) groups is 1. The number of hydrogen-bond acceptors (Lipinski definition) is 5. The second-order valence-electron chi connectivity index (χ2n) is 7.30. The largest absolute Gasteiger partial charge is 0.489 e. The number of carbonyl (C=O) groups excluding carboxylic acids is 1. The second kappa shape index (κ2) is 8.31. The Bertz CT molecular complexity index is 1020. The number of benzene rings is 2. The molecule has 1 aromatic heterocycles. The summed E-state index contributed by atoms with van der Waals surface area (Å²) in [5.74, 6) is 1.00. The number of para-hydroxylation sites is 2. The van der Waals surface area contributed by atoms with Crippen LogP contribution in [0.4, 0.5) is 11.6 Å². The van der Waals surface area contributed by atoms with Crippen LogP contribution in [0, 0.1) is 0 Å². The fourth-order valence-corrected chi connectivity index (χ4v) is 3.42. The Morgan fingerprint density at radius 1 is 1.07 bits per heavy atom. The number of nitrogens with one attached hydrogen (secondary N) is 1. The fraction of sp³-hybridized carbons (Fsp3) is 0.261. The Morgan fingerprint density at radius 2 is 1.83 bits per heavy atom. The van der Waals surface area contributed by atoms with E-state index in [4.69, 9.17) is 4.74 Å². The van der Waals surface area contributed by atoms with Crippen molar-refractivity contribution >= 4 is 17.5 Å². The summed E-state index contributed by atoms with van der Waals surface area (Å²) in [5, 5.41) is 3.17. The molecule has 0 fully saturated rings. The maximum atomic E-state index is 13.0. The van der Waals surface area contributed by atoms with Crippen molar-refractivity contribution in [3.05, 3.63) is 77.6 Å². The summed E-state index contributed by atoms with van der Waals surface area (Å²) in [6.45, 7) is 5.24. The van der Waals surface area contributed by atoms with E-state index in [0.717, 1.165) is 17.9 Å². The first kappa shape index (κ1) is 18.9. The van der Waals surface area contributed by atoms with Gasteiger partial charge in [-0.05, 0) is 49.6 Å². The summed E-state index contributed by atoms with van der Waals surface area (Å²) in [6.07, 6.45) is 2.51. The lowest BCUT2D eigenvalue weighted by molar-refractivity contribution is 0.0728. The highest BCUT2D eigenvalue weighted by Crippen LogP contribution is 2.27. The summed E-state index contributed by atoms with van der Waals surface area (Å²) in [4.78, 5) is 23.6. The van der Waals surface area contributed by atoms with E-state index in [1.165, 1.54) is 11.1 Å². The number of fused-ring (bicyclic) bond motifs is 1. The summed E-state index contributed by atoms with van der Waals surface area (Å²) < 4.78 is 5.83. The van der Waals surface area contributed by atoms with Crippen molar-refractivity contribution in [2.75, 3.05) is 11.9 Å². The molecule has 1 aliphatic heterocycles. The van der Waals surface area contributed by atoms with Crippen LogP contribution in [0.5, 0.6) is 5.75 Å². The molecule has 0 unspecified atom stereocenters. The number of hydrogen-bond donors (Lipinski definition) is 1. The van der Waals surface area contributed by atoms with E-state index in [9.17, 15) is 4.79 Å². The molecule has 148 valence electrons. The lowest BCUT2D eigenvalue weighted by Crippen LogP contribution is -2.36. The molecule has 1 aliphatic rings. The van der Waals surface area contributed by atoms with E-state index in [1.807, 2.05) is 55.1 Å². The van der Waals surface area contributed by atoms with Gasteiger partial charge in [0.15, 0.2) is 0 Å². The average Bonchev–Trinajstić information content (AvgIpc) is 2.74. The SMILES string of the molecule is CC(C)Oc1ccccc1Nc1nccc(C(=O)N2CCc3ccccc3C2)n1. The van der Waals surface area contributed by atoms with Crippen molar-refractivity contribution in [2.45, 2.75) is 32.9 Å². The molecule has 0 spiro atoms. The van der Waals surface area contributed by atoms with Gasteiger partial charge in [-0.3, -0.25) is 4.79 Å². The number of amides is 1. The zero-order valence-corrected chi connectivity index (χ0v) is 16.6. The van der Waals surface area contributed by atoms with Gasteiger partial charge in [0.1, 0.15) is 11.4 Å². The van der Waals surface area contributed by atoms with E-state index in [1.54, 1.807) is 12.3 Å². The topological polar surface area (TPSA) is 67.3 Å². The van der Waals surface area contributed by atoms with Crippen molar-refractivity contribution < 1.29 is 9.53 Å². The Labute approximate surface area is 170 Å². The molecule has 0 saturated heterocycles. The molecule has 1 amide bonds. The van der Waals surface area contributed by atoms with Crippen LogP contribution in [0.25, 0.3) is 0 Å². The van der Waals surface area contributed by atoms with Crippen molar-refractivity contribution in [3.63, 3.8) is 0 Å². The molecule has 0 radical (unpaired) electrons. The molecule has 0 saturated carbocycles.